The van der Waals surface area contributed by atoms with Gasteiger partial charge in [0.1, 0.15) is 11.8 Å². The highest BCUT2D eigenvalue weighted by molar-refractivity contribution is 6.10. The molecule has 2 aromatic carbocycles. The summed E-state index contributed by atoms with van der Waals surface area (Å²) < 4.78 is 18.1. The van der Waals surface area contributed by atoms with Crippen molar-refractivity contribution in [1.29, 1.82) is 0 Å². The molecule has 0 saturated carbocycles. The number of ether oxygens (including phenoxy) is 3. The second-order valence-electron chi connectivity index (χ2n) is 11.6. The summed E-state index contributed by atoms with van der Waals surface area (Å²) in [6.07, 6.45) is -1.69. The fourth-order valence-electron chi connectivity index (χ4n) is 5.17. The quantitative estimate of drug-likeness (QED) is 0.416. The Bertz CT molecular complexity index is 1140. The van der Waals surface area contributed by atoms with Crippen LogP contribution in [0.3, 0.4) is 0 Å². The molecule has 2 aliphatic rings. The minimum atomic E-state index is -1.97. The van der Waals surface area contributed by atoms with E-state index in [0.717, 1.165) is 11.1 Å². The predicted molar refractivity (Wildman–Crippen MR) is 142 cm³/mol. The van der Waals surface area contributed by atoms with Gasteiger partial charge in [0.15, 0.2) is 6.10 Å². The van der Waals surface area contributed by atoms with Crippen LogP contribution in [0.1, 0.15) is 65.1 Å². The normalized spacial score (nSPS) is 25.7. The maximum atomic E-state index is 13.8. The molecule has 0 radical (unpaired) electrons. The average Bonchev–Trinajstić information content (AvgIpc) is 3.27. The van der Waals surface area contributed by atoms with Gasteiger partial charge in [-0.05, 0) is 44.7 Å². The maximum Gasteiger partial charge on any atom is 0.352 e. The first kappa shape index (κ1) is 27.8. The van der Waals surface area contributed by atoms with Gasteiger partial charge in [-0.3, -0.25) is 9.59 Å². The Balaban J connectivity index is 1.61. The number of esters is 1. The number of fused-ring (bicyclic) bond motifs is 2. The van der Waals surface area contributed by atoms with Gasteiger partial charge >= 0.3 is 5.97 Å². The minimum Gasteiger partial charge on any atom is -0.449 e. The van der Waals surface area contributed by atoms with E-state index in [1.54, 1.807) is 27.8 Å². The number of likely N-dealkylation sites (tertiary alicyclic amines) is 1. The van der Waals surface area contributed by atoms with Gasteiger partial charge < -0.3 is 24.4 Å². The van der Waals surface area contributed by atoms with E-state index in [1.165, 1.54) is 4.90 Å². The number of benzene rings is 2. The van der Waals surface area contributed by atoms with E-state index in [-0.39, 0.29) is 5.92 Å². The van der Waals surface area contributed by atoms with Crippen LogP contribution in [0.2, 0.25) is 0 Å². The first-order chi connectivity index (χ1) is 17.8. The van der Waals surface area contributed by atoms with Crippen LogP contribution < -0.4 is 5.32 Å². The number of nitrogens with one attached hydrogen (secondary N) is 1. The lowest BCUT2D eigenvalue weighted by atomic mass is 9.88. The van der Waals surface area contributed by atoms with E-state index >= 15 is 0 Å². The topological polar surface area (TPSA) is 94.2 Å². The lowest BCUT2D eigenvalue weighted by Crippen LogP contribution is -2.61. The van der Waals surface area contributed by atoms with Crippen LogP contribution in [0.4, 0.5) is 0 Å². The Morgan fingerprint density at radius 2 is 1.55 bits per heavy atom. The van der Waals surface area contributed by atoms with Crippen LogP contribution in [0.25, 0.3) is 0 Å². The number of likely N-dealkylation sites (N-methyl/N-ethyl adjacent to an activating group) is 1. The molecule has 2 saturated heterocycles. The van der Waals surface area contributed by atoms with Crippen LogP contribution in [-0.2, 0) is 28.6 Å². The molecule has 2 fully saturated rings. The van der Waals surface area contributed by atoms with Crippen LogP contribution >= 0.6 is 0 Å². The molecule has 0 aliphatic carbocycles. The molecule has 8 nitrogen and oxygen atoms in total. The molecule has 2 aliphatic heterocycles. The summed E-state index contributed by atoms with van der Waals surface area (Å²) in [5.41, 5.74) is -1.83. The zero-order chi connectivity index (χ0) is 27.9. The van der Waals surface area contributed by atoms with Crippen LogP contribution in [0, 0.1) is 5.92 Å². The molecule has 4 rings (SSSR count). The molecule has 2 bridgehead atoms. The van der Waals surface area contributed by atoms with E-state index in [4.69, 9.17) is 14.2 Å². The lowest BCUT2D eigenvalue weighted by Gasteiger charge is -2.38. The number of nitrogens with zero attached hydrogens (tertiary/aromatic N) is 1. The summed E-state index contributed by atoms with van der Waals surface area (Å²) in [5.74, 6) is -2.27. The average molecular weight is 523 g/mol. The second-order valence-corrected chi connectivity index (χ2v) is 11.6. The van der Waals surface area contributed by atoms with Crippen LogP contribution in [-0.4, -0.2) is 58.9 Å². The van der Waals surface area contributed by atoms with E-state index in [1.807, 2.05) is 81.4 Å². The molecule has 2 heterocycles. The Kier molecular flexibility index (Phi) is 7.43. The van der Waals surface area contributed by atoms with Crippen molar-refractivity contribution in [3.63, 3.8) is 0 Å². The van der Waals surface area contributed by atoms with Crippen molar-refractivity contribution < 1.29 is 28.6 Å². The molecule has 2 aromatic rings. The summed E-state index contributed by atoms with van der Waals surface area (Å²) in [7, 11) is 1.60. The molecule has 4 atom stereocenters. The van der Waals surface area contributed by atoms with E-state index < -0.39 is 53.0 Å². The van der Waals surface area contributed by atoms with Gasteiger partial charge in [-0.15, -0.1) is 0 Å². The first-order valence-electron chi connectivity index (χ1n) is 13.1. The smallest absolute Gasteiger partial charge is 0.352 e. The molecule has 204 valence electrons. The highest BCUT2D eigenvalue weighted by Gasteiger charge is 2.74. The first-order valence-corrected chi connectivity index (χ1v) is 13.1. The fourth-order valence-corrected chi connectivity index (χ4v) is 5.17. The van der Waals surface area contributed by atoms with Crippen LogP contribution in [0.5, 0.6) is 0 Å². The highest BCUT2D eigenvalue weighted by Crippen LogP contribution is 2.50. The van der Waals surface area contributed by atoms with E-state index in [0.29, 0.717) is 6.42 Å². The number of rotatable bonds is 8. The lowest BCUT2D eigenvalue weighted by molar-refractivity contribution is -0.195. The Labute approximate surface area is 224 Å². The van der Waals surface area contributed by atoms with Crippen molar-refractivity contribution >= 4 is 17.8 Å². The van der Waals surface area contributed by atoms with Gasteiger partial charge in [0, 0.05) is 13.5 Å². The number of carbonyl (C=O) groups is 3. The summed E-state index contributed by atoms with van der Waals surface area (Å²) in [4.78, 5) is 42.3. The zero-order valence-corrected chi connectivity index (χ0v) is 23.2. The molecule has 0 unspecified atom stereocenters. The maximum absolute atomic E-state index is 13.8. The third-order valence-electron chi connectivity index (χ3n) is 7.18. The number of piperidine rings is 1. The van der Waals surface area contributed by atoms with Gasteiger partial charge in [-0.1, -0.05) is 74.5 Å². The predicted octanol–water partition coefficient (Wildman–Crippen LogP) is 3.99. The van der Waals surface area contributed by atoms with Gasteiger partial charge in [-0.2, -0.15) is 0 Å². The third-order valence-corrected chi connectivity index (χ3v) is 7.18. The standard InChI is InChI=1S/C30H38N2O6/c1-19(2)24(25(33)31-23(20-14-10-8-11-15-20)21-16-12-9-13-17-21)36-27(35)30-22(37-28(3,4)5)18-29(6,38-30)32(7)26(30)34/h8-17,19,22-24H,18H2,1-7H3,(H,31,33)/t22-,24+,29-,30+/m1/s1. The summed E-state index contributed by atoms with van der Waals surface area (Å²) in [6.45, 7) is 10.9. The summed E-state index contributed by atoms with van der Waals surface area (Å²) >= 11 is 0. The molecule has 2 amide bonds. The Morgan fingerprint density at radius 1 is 1.03 bits per heavy atom. The Hall–Kier alpha value is -3.23. The molecule has 1 N–H and O–H groups in total. The summed E-state index contributed by atoms with van der Waals surface area (Å²) in [6, 6.07) is 18.7. The number of hydrogen-bond acceptors (Lipinski definition) is 6. The Morgan fingerprint density at radius 3 is 2.00 bits per heavy atom. The number of carbonyl (C=O) groups excluding carboxylic acids is 3. The highest BCUT2D eigenvalue weighted by atomic mass is 16.6. The largest absolute Gasteiger partial charge is 0.449 e. The monoisotopic (exact) mass is 522 g/mol. The molecule has 0 aromatic heterocycles. The van der Waals surface area contributed by atoms with Crippen molar-refractivity contribution in [3.8, 4) is 0 Å². The SMILES string of the molecule is CC(C)[C@H](OC(=O)[C@]12O[C@](C)(C[C@H]1OC(C)(C)C)N(C)C2=O)C(=O)NC(c1ccccc1)c1ccccc1. The van der Waals surface area contributed by atoms with E-state index in [9.17, 15) is 14.4 Å². The van der Waals surface area contributed by atoms with Gasteiger partial charge in [0.05, 0.1) is 11.6 Å². The zero-order valence-electron chi connectivity index (χ0n) is 23.2. The van der Waals surface area contributed by atoms with E-state index in [2.05, 4.69) is 5.32 Å². The summed E-state index contributed by atoms with van der Waals surface area (Å²) in [5, 5.41) is 3.06. The van der Waals surface area contributed by atoms with Crippen molar-refractivity contribution in [2.75, 3.05) is 7.05 Å². The minimum absolute atomic E-state index is 0.310. The van der Waals surface area contributed by atoms with Gasteiger partial charge in [-0.25, -0.2) is 4.79 Å². The molecular weight excluding hydrogens is 484 g/mol. The second kappa shape index (κ2) is 10.2. The van der Waals surface area contributed by atoms with Crippen molar-refractivity contribution in [3.05, 3.63) is 71.8 Å². The van der Waals surface area contributed by atoms with Gasteiger partial charge in [0.25, 0.3) is 17.4 Å². The number of amides is 2. The number of hydrogen-bond donors (Lipinski definition) is 1. The molecule has 8 heteroatoms. The molecular formula is C30H38N2O6. The van der Waals surface area contributed by atoms with Crippen molar-refractivity contribution in [2.45, 2.75) is 83.1 Å². The fraction of sp³-hybridized carbons (Fsp3) is 0.500. The molecule has 38 heavy (non-hydrogen) atoms. The molecule has 0 spiro atoms. The third kappa shape index (κ3) is 5.07. The van der Waals surface area contributed by atoms with Crippen molar-refractivity contribution in [2.24, 2.45) is 5.92 Å². The van der Waals surface area contributed by atoms with Crippen molar-refractivity contribution in [1.82, 2.24) is 10.2 Å². The van der Waals surface area contributed by atoms with Gasteiger partial charge in [0.2, 0.25) is 0 Å². The van der Waals surface area contributed by atoms with Crippen LogP contribution in [0.15, 0.2) is 60.7 Å².